The standard InChI is InChI=1S/C19H21ClN4O2/c1-4-7-14-12(10-21)15(11-8-5-6-9-13(11)20)16-17(19(25-2)26-3)23-24-18(16)22-14/h5-6,8-9,15,19H,4,7H2,1-3H3,(H2,22,23,24). The summed E-state index contributed by atoms with van der Waals surface area (Å²) < 4.78 is 10.8. The number of hydrogen-bond acceptors (Lipinski definition) is 5. The first kappa shape index (κ1) is 18.5. The summed E-state index contributed by atoms with van der Waals surface area (Å²) in [5.41, 5.74) is 3.86. The molecule has 1 aromatic carbocycles. The van der Waals surface area contributed by atoms with Crippen molar-refractivity contribution in [2.75, 3.05) is 19.5 Å². The first-order valence-corrected chi connectivity index (χ1v) is 8.82. The van der Waals surface area contributed by atoms with Crippen LogP contribution in [0.1, 0.15) is 48.8 Å². The highest BCUT2D eigenvalue weighted by Gasteiger charge is 2.36. The third kappa shape index (κ3) is 3.10. The van der Waals surface area contributed by atoms with Gasteiger partial charge in [0.15, 0.2) is 12.1 Å². The molecule has 0 bridgehead atoms. The Labute approximate surface area is 157 Å². The monoisotopic (exact) mass is 372 g/mol. The Morgan fingerprint density at radius 3 is 2.65 bits per heavy atom. The van der Waals surface area contributed by atoms with Gasteiger partial charge < -0.3 is 14.8 Å². The van der Waals surface area contributed by atoms with Crippen LogP contribution < -0.4 is 5.32 Å². The summed E-state index contributed by atoms with van der Waals surface area (Å²) in [5, 5.41) is 21.2. The topological polar surface area (TPSA) is 83.0 Å². The van der Waals surface area contributed by atoms with Crippen LogP contribution in [0, 0.1) is 11.3 Å². The molecule has 2 N–H and O–H groups in total. The summed E-state index contributed by atoms with van der Waals surface area (Å²) in [7, 11) is 3.12. The van der Waals surface area contributed by atoms with Crippen molar-refractivity contribution in [3.63, 3.8) is 0 Å². The highest BCUT2D eigenvalue weighted by Crippen LogP contribution is 2.46. The quantitative estimate of drug-likeness (QED) is 0.730. The van der Waals surface area contributed by atoms with Gasteiger partial charge >= 0.3 is 0 Å². The van der Waals surface area contributed by atoms with Gasteiger partial charge in [0.05, 0.1) is 23.3 Å². The largest absolute Gasteiger partial charge is 0.350 e. The molecule has 1 aliphatic heterocycles. The van der Waals surface area contributed by atoms with E-state index in [1.165, 1.54) is 0 Å². The molecule has 136 valence electrons. The van der Waals surface area contributed by atoms with E-state index in [0.717, 1.165) is 29.7 Å². The summed E-state index contributed by atoms with van der Waals surface area (Å²) in [4.78, 5) is 0. The lowest BCUT2D eigenvalue weighted by Crippen LogP contribution is -2.20. The van der Waals surface area contributed by atoms with Crippen LogP contribution in [0.15, 0.2) is 35.5 Å². The third-order valence-electron chi connectivity index (χ3n) is 4.51. The number of fused-ring (bicyclic) bond motifs is 1. The minimum Gasteiger partial charge on any atom is -0.350 e. The van der Waals surface area contributed by atoms with Gasteiger partial charge in [-0.25, -0.2) is 0 Å². The number of ether oxygens (including phenoxy) is 2. The summed E-state index contributed by atoms with van der Waals surface area (Å²) in [6.07, 6.45) is 1.04. The number of aromatic amines is 1. The average Bonchev–Trinajstić information content (AvgIpc) is 3.06. The maximum absolute atomic E-state index is 9.93. The minimum atomic E-state index is -0.620. The Bertz CT molecular complexity index is 865. The highest BCUT2D eigenvalue weighted by atomic mass is 35.5. The van der Waals surface area contributed by atoms with Gasteiger partial charge in [-0.05, 0) is 18.1 Å². The Balaban J connectivity index is 2.25. The van der Waals surface area contributed by atoms with E-state index in [-0.39, 0.29) is 5.92 Å². The molecule has 26 heavy (non-hydrogen) atoms. The van der Waals surface area contributed by atoms with Crippen LogP contribution in [-0.2, 0) is 9.47 Å². The molecule has 2 heterocycles. The summed E-state index contributed by atoms with van der Waals surface area (Å²) in [6.45, 7) is 2.07. The first-order valence-electron chi connectivity index (χ1n) is 8.44. The van der Waals surface area contributed by atoms with Crippen LogP contribution in [-0.4, -0.2) is 24.4 Å². The molecular weight excluding hydrogens is 352 g/mol. The number of hydrogen-bond donors (Lipinski definition) is 2. The van der Waals surface area contributed by atoms with Gasteiger partial charge in [0.25, 0.3) is 0 Å². The Kier molecular flexibility index (Phi) is 5.62. The summed E-state index contributed by atoms with van der Waals surface area (Å²) in [5.74, 6) is 0.333. The molecule has 0 fully saturated rings. The van der Waals surface area contributed by atoms with Gasteiger partial charge in [-0.3, -0.25) is 5.10 Å². The van der Waals surface area contributed by atoms with Crippen molar-refractivity contribution in [3.8, 4) is 6.07 Å². The molecule has 0 saturated heterocycles. The maximum Gasteiger partial charge on any atom is 0.200 e. The molecule has 1 atom stereocenters. The molecule has 0 aliphatic carbocycles. The number of aromatic nitrogens is 2. The van der Waals surface area contributed by atoms with Crippen LogP contribution in [0.4, 0.5) is 5.82 Å². The van der Waals surface area contributed by atoms with Crippen LogP contribution in [0.2, 0.25) is 5.02 Å². The second-order valence-electron chi connectivity index (χ2n) is 6.04. The van der Waals surface area contributed by atoms with E-state index in [1.807, 2.05) is 24.3 Å². The zero-order chi connectivity index (χ0) is 18.7. The summed E-state index contributed by atoms with van der Waals surface area (Å²) >= 11 is 6.49. The lowest BCUT2D eigenvalue weighted by molar-refractivity contribution is -0.109. The van der Waals surface area contributed by atoms with Crippen molar-refractivity contribution in [1.29, 1.82) is 5.26 Å². The van der Waals surface area contributed by atoms with E-state index in [0.29, 0.717) is 22.1 Å². The zero-order valence-corrected chi connectivity index (χ0v) is 15.7. The number of halogens is 1. The fraction of sp³-hybridized carbons (Fsp3) is 0.368. The number of nitrogens with one attached hydrogen (secondary N) is 2. The van der Waals surface area contributed by atoms with Gasteiger partial charge in [0.1, 0.15) is 0 Å². The smallest absolute Gasteiger partial charge is 0.200 e. The molecule has 0 amide bonds. The lowest BCUT2D eigenvalue weighted by atomic mass is 9.81. The van der Waals surface area contributed by atoms with Crippen LogP contribution >= 0.6 is 11.6 Å². The summed E-state index contributed by atoms with van der Waals surface area (Å²) in [6, 6.07) is 9.94. The molecular formula is C19H21ClN4O2. The third-order valence-corrected chi connectivity index (χ3v) is 4.85. The second kappa shape index (κ2) is 7.92. The molecule has 3 rings (SSSR count). The molecule has 0 saturated carbocycles. The number of allylic oxidation sites excluding steroid dienone is 2. The molecule has 1 aliphatic rings. The van der Waals surface area contributed by atoms with Gasteiger partial charge in [-0.15, -0.1) is 0 Å². The molecule has 0 spiro atoms. The predicted molar refractivity (Wildman–Crippen MR) is 99.8 cm³/mol. The van der Waals surface area contributed by atoms with Crippen molar-refractivity contribution in [1.82, 2.24) is 10.2 Å². The first-order chi connectivity index (χ1) is 12.7. The highest BCUT2D eigenvalue weighted by molar-refractivity contribution is 6.31. The van der Waals surface area contributed by atoms with Crippen LogP contribution in [0.25, 0.3) is 0 Å². The number of nitrogens with zero attached hydrogens (tertiary/aromatic N) is 2. The van der Waals surface area contributed by atoms with Gasteiger partial charge in [-0.2, -0.15) is 10.4 Å². The number of methoxy groups -OCH3 is 2. The number of benzene rings is 1. The van der Waals surface area contributed by atoms with Crippen molar-refractivity contribution in [2.45, 2.75) is 32.0 Å². The SMILES string of the molecule is CCCC1=C(C#N)C(c2ccccc2Cl)c2c(n[nH]c2C(OC)OC)N1. The van der Waals surface area contributed by atoms with Gasteiger partial charge in [-0.1, -0.05) is 43.1 Å². The van der Waals surface area contributed by atoms with Gasteiger partial charge in [0, 0.05) is 30.5 Å². The lowest BCUT2D eigenvalue weighted by Gasteiger charge is -2.28. The van der Waals surface area contributed by atoms with Crippen LogP contribution in [0.5, 0.6) is 0 Å². The maximum atomic E-state index is 9.93. The second-order valence-corrected chi connectivity index (χ2v) is 6.44. The minimum absolute atomic E-state index is 0.340. The van der Waals surface area contributed by atoms with Crippen molar-refractivity contribution in [2.24, 2.45) is 0 Å². The van der Waals surface area contributed by atoms with E-state index in [4.69, 9.17) is 21.1 Å². The number of rotatable bonds is 6. The average molecular weight is 373 g/mol. The molecule has 1 aromatic heterocycles. The molecule has 6 nitrogen and oxygen atoms in total. The fourth-order valence-corrected chi connectivity index (χ4v) is 3.64. The van der Waals surface area contributed by atoms with Crippen molar-refractivity contribution < 1.29 is 9.47 Å². The van der Waals surface area contributed by atoms with Crippen LogP contribution in [0.3, 0.4) is 0 Å². The molecule has 1 unspecified atom stereocenters. The Hall–Kier alpha value is -2.33. The number of nitriles is 1. The molecule has 2 aromatic rings. The van der Waals surface area contributed by atoms with E-state index in [2.05, 4.69) is 28.5 Å². The number of anilines is 1. The molecule has 7 heteroatoms. The van der Waals surface area contributed by atoms with Gasteiger partial charge in [0.2, 0.25) is 0 Å². The van der Waals surface area contributed by atoms with Crippen molar-refractivity contribution >= 4 is 17.4 Å². The van der Waals surface area contributed by atoms with E-state index >= 15 is 0 Å². The van der Waals surface area contributed by atoms with E-state index in [1.54, 1.807) is 14.2 Å². The normalized spacial score (nSPS) is 16.4. The Morgan fingerprint density at radius 1 is 1.31 bits per heavy atom. The van der Waals surface area contributed by atoms with E-state index in [9.17, 15) is 5.26 Å². The Morgan fingerprint density at radius 2 is 2.04 bits per heavy atom. The number of H-pyrrole nitrogens is 1. The van der Waals surface area contributed by atoms with Crippen molar-refractivity contribution in [3.05, 3.63) is 57.4 Å². The van der Waals surface area contributed by atoms with E-state index < -0.39 is 6.29 Å². The fourth-order valence-electron chi connectivity index (χ4n) is 3.39. The molecule has 0 radical (unpaired) electrons. The zero-order valence-electron chi connectivity index (χ0n) is 15.0. The predicted octanol–water partition coefficient (Wildman–Crippen LogP) is 4.49.